The van der Waals surface area contributed by atoms with Crippen molar-refractivity contribution in [3.63, 3.8) is 0 Å². The minimum atomic E-state index is -0.897. The van der Waals surface area contributed by atoms with E-state index in [4.69, 9.17) is 11.2 Å². The number of hydrogen-bond acceptors (Lipinski definition) is 4. The molecule has 1 aliphatic rings. The number of ether oxygens (including phenoxy) is 1. The van der Waals surface area contributed by atoms with Gasteiger partial charge < -0.3 is 4.74 Å². The summed E-state index contributed by atoms with van der Waals surface area (Å²) in [4.78, 5) is 38.1. The van der Waals surface area contributed by atoms with E-state index in [9.17, 15) is 18.8 Å². The van der Waals surface area contributed by atoms with Crippen LogP contribution in [0.3, 0.4) is 0 Å². The second kappa shape index (κ2) is 8.91. The maximum atomic E-state index is 13.2. The summed E-state index contributed by atoms with van der Waals surface area (Å²) >= 11 is 4.13. The lowest BCUT2D eigenvalue weighted by Crippen LogP contribution is -2.54. The maximum absolute atomic E-state index is 13.2. The topological polar surface area (TPSA) is 75.7 Å². The molecule has 146 valence electrons. The number of carbonyl (C=O) groups excluding carboxylic acids is 3. The number of anilines is 1. The van der Waals surface area contributed by atoms with E-state index in [1.807, 2.05) is 0 Å². The fourth-order valence-electron chi connectivity index (χ4n) is 2.56. The number of urea groups is 1. The number of benzene rings is 2. The summed E-state index contributed by atoms with van der Waals surface area (Å²) in [5.74, 6) is 0.872. The molecule has 2 aromatic rings. The van der Waals surface area contributed by atoms with Gasteiger partial charge in [0.2, 0.25) is 0 Å². The average Bonchev–Trinajstić information content (AvgIpc) is 2.66. The molecule has 0 unspecified atom stereocenters. The van der Waals surface area contributed by atoms with Gasteiger partial charge >= 0.3 is 6.03 Å². The van der Waals surface area contributed by atoms with Crippen molar-refractivity contribution in [3.05, 3.63) is 60.5 Å². The number of nitrogens with one attached hydrogen (secondary N) is 1. The molecule has 1 aliphatic heterocycles. The Morgan fingerprint density at radius 1 is 1.14 bits per heavy atom. The third-order valence-electron chi connectivity index (χ3n) is 3.82. The highest BCUT2D eigenvalue weighted by atomic mass is 127. The highest BCUT2D eigenvalue weighted by Crippen LogP contribution is 2.30. The van der Waals surface area contributed by atoms with Crippen LogP contribution < -0.4 is 15.0 Å². The molecule has 0 atom stereocenters. The lowest BCUT2D eigenvalue weighted by molar-refractivity contribution is -0.122. The van der Waals surface area contributed by atoms with Gasteiger partial charge in [0.05, 0.1) is 12.8 Å². The van der Waals surface area contributed by atoms with Crippen LogP contribution in [0, 0.1) is 25.3 Å². The van der Waals surface area contributed by atoms with Crippen LogP contribution in [0.5, 0.6) is 5.75 Å². The van der Waals surface area contributed by atoms with E-state index in [2.05, 4.69) is 56.4 Å². The monoisotopic (exact) mass is 616 g/mol. The normalized spacial score (nSPS) is 15.3. The fraction of sp³-hybridized carbons (Fsp3) is 0.0500. The molecule has 1 saturated heterocycles. The number of amides is 4. The van der Waals surface area contributed by atoms with Gasteiger partial charge in [0.15, 0.2) is 0 Å². The zero-order valence-corrected chi connectivity index (χ0v) is 18.9. The van der Waals surface area contributed by atoms with Crippen LogP contribution in [0.4, 0.5) is 14.9 Å². The van der Waals surface area contributed by atoms with Gasteiger partial charge in [-0.25, -0.2) is 14.1 Å². The molecule has 0 saturated carbocycles. The van der Waals surface area contributed by atoms with Crippen molar-refractivity contribution >= 4 is 74.8 Å². The number of terminal acetylenes is 1. The van der Waals surface area contributed by atoms with Crippen LogP contribution >= 0.6 is 45.2 Å². The average molecular weight is 616 g/mol. The highest BCUT2D eigenvalue weighted by Gasteiger charge is 2.36. The van der Waals surface area contributed by atoms with E-state index in [0.29, 0.717) is 11.3 Å². The summed E-state index contributed by atoms with van der Waals surface area (Å²) in [6, 6.07) is 7.35. The van der Waals surface area contributed by atoms with Crippen LogP contribution in [-0.2, 0) is 9.59 Å². The zero-order chi connectivity index (χ0) is 21.1. The minimum Gasteiger partial charge on any atom is -0.479 e. The molecule has 1 heterocycles. The Morgan fingerprint density at radius 2 is 1.76 bits per heavy atom. The predicted molar refractivity (Wildman–Crippen MR) is 122 cm³/mol. The van der Waals surface area contributed by atoms with Crippen LogP contribution in [0.25, 0.3) is 6.08 Å². The number of nitrogens with zero attached hydrogens (tertiary/aromatic N) is 1. The first-order chi connectivity index (χ1) is 13.8. The Labute approximate surface area is 192 Å². The number of rotatable bonds is 4. The molecule has 2 aromatic carbocycles. The van der Waals surface area contributed by atoms with Gasteiger partial charge in [0.1, 0.15) is 23.7 Å². The van der Waals surface area contributed by atoms with E-state index in [1.54, 1.807) is 12.1 Å². The third-order valence-corrected chi connectivity index (χ3v) is 5.42. The molecule has 6 nitrogen and oxygen atoms in total. The molecule has 29 heavy (non-hydrogen) atoms. The molecule has 0 spiro atoms. The number of barbiturate groups is 1. The minimum absolute atomic E-state index is 0.113. The fourth-order valence-corrected chi connectivity index (χ4v) is 4.69. The third kappa shape index (κ3) is 4.59. The summed E-state index contributed by atoms with van der Waals surface area (Å²) in [6.45, 7) is 0.113. The van der Waals surface area contributed by atoms with Crippen molar-refractivity contribution < 1.29 is 23.5 Å². The van der Waals surface area contributed by atoms with Crippen molar-refractivity contribution in [3.8, 4) is 18.1 Å². The Bertz CT molecular complexity index is 1070. The molecule has 0 bridgehead atoms. The standard InChI is InChI=1S/C20H11FI2N2O4/c1-2-7-29-17-15(22)9-11(10-16(17)23)8-14-18(26)24-20(28)25(19(14)27)13-5-3-12(21)4-6-13/h1,3-6,8-10H,7H2,(H,24,26,28)/b14-8-. The lowest BCUT2D eigenvalue weighted by atomic mass is 10.1. The summed E-state index contributed by atoms with van der Waals surface area (Å²) < 4.78 is 20.2. The quantitative estimate of drug-likeness (QED) is 0.246. The SMILES string of the molecule is C#CCOc1c(I)cc(/C=C2/C(=O)NC(=O)N(c3ccc(F)cc3)C2=O)cc1I. The van der Waals surface area contributed by atoms with Crippen LogP contribution in [0.2, 0.25) is 0 Å². The van der Waals surface area contributed by atoms with Crippen molar-refractivity contribution in [2.45, 2.75) is 0 Å². The van der Waals surface area contributed by atoms with Gasteiger partial charge in [0, 0.05) is 0 Å². The van der Waals surface area contributed by atoms with E-state index in [-0.39, 0.29) is 17.9 Å². The molecule has 4 amide bonds. The molecule has 0 aliphatic carbocycles. The van der Waals surface area contributed by atoms with Gasteiger partial charge in [-0.1, -0.05) is 5.92 Å². The smallest absolute Gasteiger partial charge is 0.335 e. The van der Waals surface area contributed by atoms with Gasteiger partial charge in [-0.2, -0.15) is 0 Å². The summed E-state index contributed by atoms with van der Waals surface area (Å²) in [7, 11) is 0. The lowest BCUT2D eigenvalue weighted by Gasteiger charge is -2.26. The molecular weight excluding hydrogens is 605 g/mol. The Morgan fingerprint density at radius 3 is 2.34 bits per heavy atom. The first-order valence-electron chi connectivity index (χ1n) is 8.04. The van der Waals surface area contributed by atoms with Gasteiger partial charge in [-0.15, -0.1) is 6.42 Å². The molecular formula is C20H11FI2N2O4. The molecule has 1 fully saturated rings. The van der Waals surface area contributed by atoms with E-state index < -0.39 is 23.7 Å². The number of imide groups is 2. The summed E-state index contributed by atoms with van der Waals surface area (Å²) in [5, 5.41) is 2.13. The van der Waals surface area contributed by atoms with E-state index in [0.717, 1.165) is 24.2 Å². The molecule has 9 heteroatoms. The van der Waals surface area contributed by atoms with Crippen LogP contribution in [0.15, 0.2) is 42.0 Å². The van der Waals surface area contributed by atoms with Gasteiger partial charge in [-0.3, -0.25) is 14.9 Å². The number of halogens is 3. The largest absolute Gasteiger partial charge is 0.479 e. The second-order valence-corrected chi connectivity index (χ2v) is 8.07. The van der Waals surface area contributed by atoms with Crippen molar-refractivity contribution in [2.75, 3.05) is 11.5 Å². The molecule has 3 rings (SSSR count). The van der Waals surface area contributed by atoms with E-state index >= 15 is 0 Å². The Hall–Kier alpha value is -2.46. The van der Waals surface area contributed by atoms with Crippen LogP contribution in [0.1, 0.15) is 5.56 Å². The molecule has 0 radical (unpaired) electrons. The van der Waals surface area contributed by atoms with Crippen molar-refractivity contribution in [1.29, 1.82) is 0 Å². The zero-order valence-electron chi connectivity index (χ0n) is 14.5. The van der Waals surface area contributed by atoms with Crippen molar-refractivity contribution in [2.24, 2.45) is 0 Å². The first-order valence-corrected chi connectivity index (χ1v) is 10.2. The van der Waals surface area contributed by atoms with Gasteiger partial charge in [-0.05, 0) is 93.2 Å². The molecule has 1 N–H and O–H groups in total. The summed E-state index contributed by atoms with van der Waals surface area (Å²) in [6.07, 6.45) is 6.60. The Kier molecular flexibility index (Phi) is 6.53. The molecule has 0 aromatic heterocycles. The number of carbonyl (C=O) groups is 3. The first kappa shape index (κ1) is 21.3. The Balaban J connectivity index is 1.98. The van der Waals surface area contributed by atoms with Crippen molar-refractivity contribution in [1.82, 2.24) is 5.32 Å². The number of hydrogen-bond donors (Lipinski definition) is 1. The second-order valence-electron chi connectivity index (χ2n) is 5.74. The van der Waals surface area contributed by atoms with Crippen LogP contribution in [-0.4, -0.2) is 24.5 Å². The highest BCUT2D eigenvalue weighted by molar-refractivity contribution is 14.1. The predicted octanol–water partition coefficient (Wildman–Crippen LogP) is 3.71. The van der Waals surface area contributed by atoms with E-state index in [1.165, 1.54) is 18.2 Å². The van der Waals surface area contributed by atoms with Gasteiger partial charge in [0.25, 0.3) is 11.8 Å². The maximum Gasteiger partial charge on any atom is 0.335 e. The summed E-state index contributed by atoms with van der Waals surface area (Å²) in [5.41, 5.74) is 0.492.